The molecule has 0 aromatic heterocycles. The number of rotatable bonds is 2. The van der Waals surface area contributed by atoms with Crippen molar-refractivity contribution in [3.8, 4) is 0 Å². The Balaban J connectivity index is 1.32. The molecule has 0 radical (unpaired) electrons. The molecule has 1 aliphatic carbocycles. The third kappa shape index (κ3) is 3.44. The summed E-state index contributed by atoms with van der Waals surface area (Å²) >= 11 is 0. The maximum Gasteiger partial charge on any atom is 0.322 e. The molecule has 2 fully saturated rings. The van der Waals surface area contributed by atoms with E-state index < -0.39 is 12.1 Å². The number of hydrogen-bond acceptors (Lipinski definition) is 4. The van der Waals surface area contributed by atoms with Crippen LogP contribution < -0.4 is 10.6 Å². The summed E-state index contributed by atoms with van der Waals surface area (Å²) < 4.78 is 0. The first-order valence-electron chi connectivity index (χ1n) is 9.30. The molecule has 3 aliphatic rings. The number of benzene rings is 1. The molecule has 0 saturated carbocycles. The fourth-order valence-corrected chi connectivity index (χ4v) is 4.24. The number of amides is 4. The zero-order valence-corrected chi connectivity index (χ0v) is 14.7. The van der Waals surface area contributed by atoms with E-state index in [1.165, 1.54) is 11.1 Å². The average Bonchev–Trinajstić information content (AvgIpc) is 3.01. The summed E-state index contributed by atoms with van der Waals surface area (Å²) in [6.07, 6.45) is 2.71. The first-order chi connectivity index (χ1) is 12.6. The van der Waals surface area contributed by atoms with E-state index in [0.29, 0.717) is 25.6 Å². The fraction of sp³-hybridized carbons (Fsp3) is 0.526. The van der Waals surface area contributed by atoms with E-state index in [0.717, 1.165) is 25.9 Å². The lowest BCUT2D eigenvalue weighted by Gasteiger charge is -2.39. The van der Waals surface area contributed by atoms with Gasteiger partial charge in [-0.05, 0) is 30.4 Å². The third-order valence-electron chi connectivity index (χ3n) is 5.69. The molecule has 1 atom stereocenters. The highest BCUT2D eigenvalue weighted by Crippen LogP contribution is 2.26. The number of imide groups is 1. The Labute approximate surface area is 152 Å². The van der Waals surface area contributed by atoms with Crippen LogP contribution in [0.4, 0.5) is 4.79 Å². The van der Waals surface area contributed by atoms with E-state index >= 15 is 0 Å². The number of hydrogen-bond donors (Lipinski definition) is 2. The van der Waals surface area contributed by atoms with Crippen LogP contribution >= 0.6 is 0 Å². The third-order valence-corrected chi connectivity index (χ3v) is 5.69. The quantitative estimate of drug-likeness (QED) is 0.798. The van der Waals surface area contributed by atoms with Crippen molar-refractivity contribution in [3.05, 3.63) is 35.4 Å². The van der Waals surface area contributed by atoms with Crippen LogP contribution in [0.5, 0.6) is 0 Å². The van der Waals surface area contributed by atoms with Crippen molar-refractivity contribution in [2.45, 2.75) is 37.8 Å². The minimum absolute atomic E-state index is 0.0794. The van der Waals surface area contributed by atoms with Gasteiger partial charge in [0.05, 0.1) is 0 Å². The molecule has 4 rings (SSSR count). The first kappa shape index (κ1) is 17.0. The van der Waals surface area contributed by atoms with Gasteiger partial charge in [-0.25, -0.2) is 4.79 Å². The lowest BCUT2D eigenvalue weighted by atomic mass is 10.1. The lowest BCUT2D eigenvalue weighted by Crippen LogP contribution is -2.56. The molecule has 26 heavy (non-hydrogen) atoms. The van der Waals surface area contributed by atoms with E-state index in [9.17, 15) is 14.4 Å². The second-order valence-corrected chi connectivity index (χ2v) is 7.30. The first-order valence-corrected chi connectivity index (χ1v) is 9.30. The second kappa shape index (κ2) is 7.07. The fourth-order valence-electron chi connectivity index (χ4n) is 4.24. The van der Waals surface area contributed by atoms with Crippen LogP contribution in [0, 0.1) is 0 Å². The van der Waals surface area contributed by atoms with Crippen molar-refractivity contribution in [1.29, 1.82) is 0 Å². The summed E-state index contributed by atoms with van der Waals surface area (Å²) in [6, 6.07) is 7.94. The van der Waals surface area contributed by atoms with Gasteiger partial charge in [0.2, 0.25) is 11.8 Å². The van der Waals surface area contributed by atoms with Gasteiger partial charge >= 0.3 is 6.03 Å². The summed E-state index contributed by atoms with van der Waals surface area (Å²) in [5.41, 5.74) is 2.88. The highest BCUT2D eigenvalue weighted by Gasteiger charge is 2.34. The molecule has 7 heteroatoms. The van der Waals surface area contributed by atoms with Crippen molar-refractivity contribution in [1.82, 2.24) is 20.4 Å². The van der Waals surface area contributed by atoms with Crippen molar-refractivity contribution in [2.75, 3.05) is 26.2 Å². The van der Waals surface area contributed by atoms with E-state index in [2.05, 4.69) is 39.8 Å². The number of nitrogens with one attached hydrogen (secondary N) is 2. The van der Waals surface area contributed by atoms with E-state index in [1.807, 2.05) is 4.90 Å². The molecule has 2 N–H and O–H groups in total. The van der Waals surface area contributed by atoms with Gasteiger partial charge in [-0.3, -0.25) is 19.8 Å². The molecule has 2 saturated heterocycles. The molecule has 1 aromatic carbocycles. The molecule has 0 bridgehead atoms. The summed E-state index contributed by atoms with van der Waals surface area (Å²) in [7, 11) is 0. The normalized spacial score (nSPS) is 24.6. The Hall–Kier alpha value is -2.41. The van der Waals surface area contributed by atoms with Crippen LogP contribution in [-0.2, 0) is 22.4 Å². The van der Waals surface area contributed by atoms with Crippen molar-refractivity contribution in [3.63, 3.8) is 0 Å². The Morgan fingerprint density at radius 1 is 1.00 bits per heavy atom. The summed E-state index contributed by atoms with van der Waals surface area (Å²) in [4.78, 5) is 40.0. The highest BCUT2D eigenvalue weighted by atomic mass is 16.2. The highest BCUT2D eigenvalue weighted by molar-refractivity contribution is 5.98. The van der Waals surface area contributed by atoms with Crippen molar-refractivity contribution in [2.24, 2.45) is 0 Å². The van der Waals surface area contributed by atoms with Crippen molar-refractivity contribution < 1.29 is 14.4 Å². The van der Waals surface area contributed by atoms with Crippen LogP contribution in [0.25, 0.3) is 0 Å². The number of fused-ring (bicyclic) bond motifs is 1. The molecule has 138 valence electrons. The Morgan fingerprint density at radius 3 is 2.31 bits per heavy atom. The number of carbonyl (C=O) groups is 3. The average molecular weight is 356 g/mol. The summed E-state index contributed by atoms with van der Waals surface area (Å²) in [5.74, 6) is -0.410. The SMILES string of the molecule is O=C1CCC(C(=O)N2CCN(C3Cc4ccccc4C3)CC2)NC(=O)N1. The predicted molar refractivity (Wildman–Crippen MR) is 95.5 cm³/mol. The minimum atomic E-state index is -0.608. The molecule has 1 aromatic rings. The molecule has 7 nitrogen and oxygen atoms in total. The van der Waals surface area contributed by atoms with Crippen LogP contribution in [0.1, 0.15) is 24.0 Å². The maximum atomic E-state index is 12.7. The lowest BCUT2D eigenvalue weighted by molar-refractivity contribution is -0.135. The van der Waals surface area contributed by atoms with E-state index in [1.54, 1.807) is 0 Å². The molecule has 2 aliphatic heterocycles. The van der Waals surface area contributed by atoms with Gasteiger partial charge in [0, 0.05) is 38.6 Å². The largest absolute Gasteiger partial charge is 0.338 e. The van der Waals surface area contributed by atoms with Crippen molar-refractivity contribution >= 4 is 17.8 Å². The van der Waals surface area contributed by atoms with Gasteiger partial charge < -0.3 is 10.2 Å². The molecule has 1 unspecified atom stereocenters. The van der Waals surface area contributed by atoms with Crippen LogP contribution in [0.15, 0.2) is 24.3 Å². The topological polar surface area (TPSA) is 81.8 Å². The summed E-state index contributed by atoms with van der Waals surface area (Å²) in [6.45, 7) is 3.03. The molecular formula is C19H24N4O3. The predicted octanol–water partition coefficient (Wildman–Crippen LogP) is 0.286. The smallest absolute Gasteiger partial charge is 0.322 e. The van der Waals surface area contributed by atoms with Gasteiger partial charge in [0.15, 0.2) is 0 Å². The zero-order valence-electron chi connectivity index (χ0n) is 14.7. The summed E-state index contributed by atoms with van der Waals surface area (Å²) in [5, 5.41) is 4.82. The second-order valence-electron chi connectivity index (χ2n) is 7.30. The Kier molecular flexibility index (Phi) is 4.63. The van der Waals surface area contributed by atoms with Gasteiger partial charge in [-0.1, -0.05) is 24.3 Å². The zero-order chi connectivity index (χ0) is 18.1. The van der Waals surface area contributed by atoms with Gasteiger partial charge in [0.25, 0.3) is 0 Å². The minimum Gasteiger partial charge on any atom is -0.338 e. The van der Waals surface area contributed by atoms with Crippen LogP contribution in [-0.4, -0.2) is 65.9 Å². The van der Waals surface area contributed by atoms with Crippen LogP contribution in [0.2, 0.25) is 0 Å². The van der Waals surface area contributed by atoms with E-state index in [-0.39, 0.29) is 18.2 Å². The number of carbonyl (C=O) groups excluding carboxylic acids is 3. The van der Waals surface area contributed by atoms with Gasteiger partial charge in [-0.2, -0.15) is 0 Å². The Bertz CT molecular complexity index is 702. The molecular weight excluding hydrogens is 332 g/mol. The molecule has 4 amide bonds. The standard InChI is InChI=1S/C19H24N4O3/c24-17-6-5-16(20-19(26)21-17)18(25)23-9-7-22(8-10-23)15-11-13-3-1-2-4-14(13)12-15/h1-4,15-16H,5-12H2,(H2,20,21,24,26). The number of piperazine rings is 1. The van der Waals surface area contributed by atoms with Gasteiger partial charge in [0.1, 0.15) is 6.04 Å². The Morgan fingerprint density at radius 2 is 1.65 bits per heavy atom. The maximum absolute atomic E-state index is 12.7. The van der Waals surface area contributed by atoms with Crippen LogP contribution in [0.3, 0.4) is 0 Å². The molecule has 0 spiro atoms. The monoisotopic (exact) mass is 356 g/mol. The number of urea groups is 1. The van der Waals surface area contributed by atoms with Gasteiger partial charge in [-0.15, -0.1) is 0 Å². The van der Waals surface area contributed by atoms with E-state index in [4.69, 9.17) is 0 Å². The number of nitrogens with zero attached hydrogens (tertiary/aromatic N) is 2. The molecule has 2 heterocycles.